The smallest absolute Gasteiger partial charge is 0.242 e. The van der Waals surface area contributed by atoms with Gasteiger partial charge < -0.3 is 15.2 Å². The van der Waals surface area contributed by atoms with E-state index in [9.17, 15) is 4.79 Å². The fourth-order valence-electron chi connectivity index (χ4n) is 2.68. The third-order valence-corrected chi connectivity index (χ3v) is 3.85. The molecule has 0 aliphatic carbocycles. The number of hydrogen-bond donors (Lipinski definition) is 2. The molecule has 2 aromatic rings. The second-order valence-corrected chi connectivity index (χ2v) is 5.53. The van der Waals surface area contributed by atoms with Crippen LogP contribution in [-0.2, 0) is 17.8 Å². The number of aryl methyl sites for hydroxylation is 2. The first-order valence-electron chi connectivity index (χ1n) is 7.52. The Morgan fingerprint density at radius 1 is 1.59 bits per heavy atom. The van der Waals surface area contributed by atoms with Gasteiger partial charge in [-0.1, -0.05) is 12.1 Å². The molecule has 0 bridgehead atoms. The standard InChI is InChI=1S/C14H20N6O2/c1-3-11(14(21)18-12-6-9(2)22-19-12)17-10-4-5-13-15-8-16-20(13)7-10/h6,8,10-11,17H,3-5,7H2,1-2H3,(H,18,19,21)/t10-,11-/m1/s1. The van der Waals surface area contributed by atoms with Gasteiger partial charge in [0.15, 0.2) is 5.82 Å². The fourth-order valence-corrected chi connectivity index (χ4v) is 2.68. The normalized spacial score (nSPS) is 18.7. The van der Waals surface area contributed by atoms with Gasteiger partial charge in [-0.15, -0.1) is 0 Å². The Hall–Kier alpha value is -2.22. The third kappa shape index (κ3) is 3.16. The summed E-state index contributed by atoms with van der Waals surface area (Å²) in [4.78, 5) is 16.5. The molecule has 8 nitrogen and oxygen atoms in total. The minimum absolute atomic E-state index is 0.0970. The van der Waals surface area contributed by atoms with Gasteiger partial charge in [0.2, 0.25) is 5.91 Å². The first kappa shape index (κ1) is 14.7. The lowest BCUT2D eigenvalue weighted by atomic mass is 10.1. The Labute approximate surface area is 128 Å². The highest BCUT2D eigenvalue weighted by atomic mass is 16.5. The molecule has 1 aliphatic rings. The van der Waals surface area contributed by atoms with Crippen molar-refractivity contribution in [3.63, 3.8) is 0 Å². The molecular weight excluding hydrogens is 284 g/mol. The molecule has 2 N–H and O–H groups in total. The van der Waals surface area contributed by atoms with E-state index in [1.54, 1.807) is 19.3 Å². The van der Waals surface area contributed by atoms with E-state index in [0.717, 1.165) is 25.2 Å². The first-order valence-corrected chi connectivity index (χ1v) is 7.52. The summed E-state index contributed by atoms with van der Waals surface area (Å²) in [5.74, 6) is 2.03. The van der Waals surface area contributed by atoms with E-state index in [-0.39, 0.29) is 18.0 Å². The van der Waals surface area contributed by atoms with Crippen molar-refractivity contribution in [2.45, 2.75) is 51.7 Å². The number of fused-ring (bicyclic) bond motifs is 1. The van der Waals surface area contributed by atoms with Gasteiger partial charge in [0, 0.05) is 18.5 Å². The second kappa shape index (κ2) is 6.27. The summed E-state index contributed by atoms with van der Waals surface area (Å²) in [7, 11) is 0. The highest BCUT2D eigenvalue weighted by Gasteiger charge is 2.25. The monoisotopic (exact) mass is 304 g/mol. The van der Waals surface area contributed by atoms with Gasteiger partial charge in [-0.25, -0.2) is 9.67 Å². The van der Waals surface area contributed by atoms with Crippen LogP contribution in [0, 0.1) is 6.92 Å². The molecule has 0 radical (unpaired) electrons. The van der Waals surface area contributed by atoms with Crippen molar-refractivity contribution in [2.24, 2.45) is 0 Å². The maximum atomic E-state index is 12.3. The topological polar surface area (TPSA) is 97.9 Å². The Morgan fingerprint density at radius 3 is 3.18 bits per heavy atom. The van der Waals surface area contributed by atoms with Gasteiger partial charge in [-0.05, 0) is 19.8 Å². The SMILES string of the molecule is CC[C@@H](N[C@@H]1CCc2ncnn2C1)C(=O)Nc1cc(C)on1. The van der Waals surface area contributed by atoms with Crippen molar-refractivity contribution in [1.82, 2.24) is 25.2 Å². The molecule has 2 atom stereocenters. The molecule has 22 heavy (non-hydrogen) atoms. The van der Waals surface area contributed by atoms with E-state index in [2.05, 4.69) is 25.9 Å². The van der Waals surface area contributed by atoms with Crippen LogP contribution >= 0.6 is 0 Å². The van der Waals surface area contributed by atoms with Crippen molar-refractivity contribution < 1.29 is 9.32 Å². The number of aromatic nitrogens is 4. The van der Waals surface area contributed by atoms with E-state index < -0.39 is 0 Å². The molecule has 0 aromatic carbocycles. The molecule has 2 aromatic heterocycles. The van der Waals surface area contributed by atoms with Gasteiger partial charge in [0.25, 0.3) is 0 Å². The lowest BCUT2D eigenvalue weighted by molar-refractivity contribution is -0.118. The minimum atomic E-state index is -0.271. The maximum Gasteiger partial charge on any atom is 0.242 e. The summed E-state index contributed by atoms with van der Waals surface area (Å²) < 4.78 is 6.85. The van der Waals surface area contributed by atoms with E-state index in [4.69, 9.17) is 4.52 Å². The molecule has 0 fully saturated rings. The number of hydrogen-bond acceptors (Lipinski definition) is 6. The number of rotatable bonds is 5. The zero-order valence-corrected chi connectivity index (χ0v) is 12.7. The van der Waals surface area contributed by atoms with Gasteiger partial charge in [0.05, 0.1) is 12.6 Å². The number of nitrogens with one attached hydrogen (secondary N) is 2. The zero-order chi connectivity index (χ0) is 15.5. The largest absolute Gasteiger partial charge is 0.360 e. The Balaban J connectivity index is 1.59. The van der Waals surface area contributed by atoms with Crippen molar-refractivity contribution in [2.75, 3.05) is 5.32 Å². The van der Waals surface area contributed by atoms with Crippen LogP contribution in [0.5, 0.6) is 0 Å². The average molecular weight is 304 g/mol. The van der Waals surface area contributed by atoms with Crippen LogP contribution in [0.1, 0.15) is 31.4 Å². The average Bonchev–Trinajstić information content (AvgIpc) is 3.12. The van der Waals surface area contributed by atoms with Crippen molar-refractivity contribution in [3.8, 4) is 0 Å². The van der Waals surface area contributed by atoms with Crippen molar-refractivity contribution in [1.29, 1.82) is 0 Å². The minimum Gasteiger partial charge on any atom is -0.360 e. The fraction of sp³-hybridized carbons (Fsp3) is 0.571. The predicted octanol–water partition coefficient (Wildman–Crippen LogP) is 0.896. The second-order valence-electron chi connectivity index (χ2n) is 5.53. The van der Waals surface area contributed by atoms with Gasteiger partial charge in [-0.2, -0.15) is 5.10 Å². The summed E-state index contributed by atoms with van der Waals surface area (Å²) in [5.41, 5.74) is 0. The molecule has 0 unspecified atom stereocenters. The van der Waals surface area contributed by atoms with Crippen LogP contribution in [0.15, 0.2) is 16.9 Å². The number of anilines is 1. The summed E-state index contributed by atoms with van der Waals surface area (Å²) in [5, 5.41) is 14.2. The van der Waals surface area contributed by atoms with Crippen LogP contribution in [0.2, 0.25) is 0 Å². The molecular formula is C14H20N6O2. The molecule has 3 heterocycles. The van der Waals surface area contributed by atoms with Crippen LogP contribution in [0.25, 0.3) is 0 Å². The Kier molecular flexibility index (Phi) is 4.19. The Morgan fingerprint density at radius 2 is 2.45 bits per heavy atom. The van der Waals surface area contributed by atoms with Crippen molar-refractivity contribution in [3.05, 3.63) is 24.0 Å². The van der Waals surface area contributed by atoms with Gasteiger partial charge in [0.1, 0.15) is 17.9 Å². The lowest BCUT2D eigenvalue weighted by Gasteiger charge is -2.27. The summed E-state index contributed by atoms with van der Waals surface area (Å²) >= 11 is 0. The van der Waals surface area contributed by atoms with Gasteiger partial charge >= 0.3 is 0 Å². The summed E-state index contributed by atoms with van der Waals surface area (Å²) in [6, 6.07) is 1.64. The molecule has 1 amide bonds. The van der Waals surface area contributed by atoms with E-state index in [1.807, 2.05) is 11.6 Å². The first-order chi connectivity index (χ1) is 10.7. The predicted molar refractivity (Wildman–Crippen MR) is 79.2 cm³/mol. The Bertz CT molecular complexity index is 649. The molecule has 0 spiro atoms. The van der Waals surface area contributed by atoms with E-state index in [0.29, 0.717) is 18.0 Å². The highest BCUT2D eigenvalue weighted by Crippen LogP contribution is 2.13. The lowest BCUT2D eigenvalue weighted by Crippen LogP contribution is -2.48. The van der Waals surface area contributed by atoms with Crippen LogP contribution in [0.3, 0.4) is 0 Å². The maximum absolute atomic E-state index is 12.3. The molecule has 3 rings (SSSR count). The molecule has 0 saturated carbocycles. The van der Waals surface area contributed by atoms with E-state index in [1.165, 1.54) is 0 Å². The molecule has 8 heteroatoms. The number of carbonyl (C=O) groups is 1. The summed E-state index contributed by atoms with van der Waals surface area (Å²) in [6.45, 7) is 4.51. The van der Waals surface area contributed by atoms with Crippen LogP contribution < -0.4 is 10.6 Å². The van der Waals surface area contributed by atoms with Crippen LogP contribution in [0.4, 0.5) is 5.82 Å². The van der Waals surface area contributed by atoms with Gasteiger partial charge in [-0.3, -0.25) is 4.79 Å². The summed E-state index contributed by atoms with van der Waals surface area (Å²) in [6.07, 6.45) is 4.10. The van der Waals surface area contributed by atoms with Crippen molar-refractivity contribution >= 4 is 11.7 Å². The van der Waals surface area contributed by atoms with Crippen LogP contribution in [-0.4, -0.2) is 37.9 Å². The zero-order valence-electron chi connectivity index (χ0n) is 12.7. The number of amides is 1. The quantitative estimate of drug-likeness (QED) is 0.851. The molecule has 1 aliphatic heterocycles. The molecule has 0 saturated heterocycles. The third-order valence-electron chi connectivity index (χ3n) is 3.85. The highest BCUT2D eigenvalue weighted by molar-refractivity contribution is 5.93. The number of carbonyl (C=O) groups excluding carboxylic acids is 1. The van der Waals surface area contributed by atoms with E-state index >= 15 is 0 Å². The number of nitrogens with zero attached hydrogens (tertiary/aromatic N) is 4. The molecule has 118 valence electrons.